The highest BCUT2D eigenvalue weighted by Gasteiger charge is 2.64. The van der Waals surface area contributed by atoms with E-state index in [-0.39, 0.29) is 53.6 Å². The second-order valence-corrected chi connectivity index (χ2v) is 15.4. The number of benzene rings is 2. The fraction of sp³-hybridized carbons (Fsp3) is 0.500. The van der Waals surface area contributed by atoms with Crippen molar-refractivity contribution < 1.29 is 31.1 Å². The van der Waals surface area contributed by atoms with Crippen LogP contribution in [-0.4, -0.2) is 54.1 Å². The molecule has 46 heavy (non-hydrogen) atoms. The van der Waals surface area contributed by atoms with E-state index in [2.05, 4.69) is 21.6 Å². The lowest BCUT2D eigenvalue weighted by molar-refractivity contribution is -0.193. The van der Waals surface area contributed by atoms with Crippen molar-refractivity contribution in [1.29, 1.82) is 0 Å². The summed E-state index contributed by atoms with van der Waals surface area (Å²) >= 11 is 0. The zero-order chi connectivity index (χ0) is 33.1. The van der Waals surface area contributed by atoms with E-state index < -0.39 is 39.6 Å². The minimum absolute atomic E-state index is 0.0100. The number of carbonyl (C=O) groups is 1. The molecule has 1 N–H and O–H groups in total. The maximum atomic E-state index is 14.4. The van der Waals surface area contributed by atoms with Gasteiger partial charge in [-0.2, -0.15) is 18.2 Å². The zero-order valence-corrected chi connectivity index (χ0v) is 27.3. The number of carbonyl (C=O) groups excluding carboxylic acids is 1. The molecule has 0 saturated heterocycles. The van der Waals surface area contributed by atoms with Crippen LogP contribution in [0.2, 0.25) is 0 Å². The van der Waals surface area contributed by atoms with Gasteiger partial charge in [-0.3, -0.25) is 4.79 Å². The summed E-state index contributed by atoms with van der Waals surface area (Å²) in [6.07, 6.45) is -1.22. The molecule has 1 amide bonds. The van der Waals surface area contributed by atoms with Gasteiger partial charge in [0.05, 0.1) is 22.0 Å². The molecule has 0 radical (unpaired) electrons. The van der Waals surface area contributed by atoms with Gasteiger partial charge in [0, 0.05) is 23.2 Å². The summed E-state index contributed by atoms with van der Waals surface area (Å²) in [6.45, 7) is 7.54. The van der Waals surface area contributed by atoms with Crippen LogP contribution in [0.4, 0.5) is 19.1 Å². The van der Waals surface area contributed by atoms with Gasteiger partial charge in [-0.1, -0.05) is 37.6 Å². The summed E-state index contributed by atoms with van der Waals surface area (Å²) in [5, 5.41) is 0. The molecule has 2 aliphatic carbocycles. The second-order valence-electron chi connectivity index (χ2n) is 13.7. The third kappa shape index (κ3) is 6.20. The first-order chi connectivity index (χ1) is 21.6. The Bertz CT molecular complexity index is 1750. The van der Waals surface area contributed by atoms with Crippen molar-refractivity contribution in [3.8, 4) is 17.1 Å². The van der Waals surface area contributed by atoms with Crippen LogP contribution >= 0.6 is 0 Å². The van der Waals surface area contributed by atoms with Crippen LogP contribution in [0.1, 0.15) is 80.3 Å². The molecule has 246 valence electrons. The first-order valence-corrected chi connectivity index (χ1v) is 17.2. The number of rotatable bonds is 6. The van der Waals surface area contributed by atoms with Crippen LogP contribution < -0.4 is 9.46 Å². The summed E-state index contributed by atoms with van der Waals surface area (Å²) in [6, 6.07) is 11.4. The minimum Gasteiger partial charge on any atom is -0.475 e. The van der Waals surface area contributed by atoms with Crippen molar-refractivity contribution in [3.05, 3.63) is 65.2 Å². The number of amides is 1. The summed E-state index contributed by atoms with van der Waals surface area (Å²) in [7, 11) is -4.26. The molecule has 8 nitrogen and oxygen atoms in total. The number of aromatic nitrogens is 2. The molecule has 6 rings (SSSR count). The quantitative estimate of drug-likeness (QED) is 0.296. The van der Waals surface area contributed by atoms with Crippen molar-refractivity contribution in [2.75, 3.05) is 11.3 Å². The Kier molecular flexibility index (Phi) is 8.10. The first kappa shape index (κ1) is 32.3. The highest BCUT2D eigenvalue weighted by molar-refractivity contribution is 7.92. The van der Waals surface area contributed by atoms with E-state index >= 15 is 0 Å². The van der Waals surface area contributed by atoms with Crippen LogP contribution in [0.3, 0.4) is 0 Å². The van der Waals surface area contributed by atoms with Crippen LogP contribution in [0.25, 0.3) is 11.3 Å². The SMILES string of the molecule is Cc1cccc(C)c1-c1cc2nc(n1)NS(=O)(=O)c1cccc(c1)C(=O)N(C(C)CC1(C)CCC1)[C@H](CC1(C(F)(F)F)CC1)CO2. The van der Waals surface area contributed by atoms with E-state index in [1.165, 1.54) is 29.2 Å². The lowest BCUT2D eigenvalue weighted by atomic mass is 9.67. The van der Waals surface area contributed by atoms with Gasteiger partial charge < -0.3 is 9.64 Å². The maximum absolute atomic E-state index is 14.4. The lowest BCUT2D eigenvalue weighted by Gasteiger charge is -2.45. The van der Waals surface area contributed by atoms with E-state index in [9.17, 15) is 26.4 Å². The van der Waals surface area contributed by atoms with Gasteiger partial charge in [-0.25, -0.2) is 18.1 Å². The Hall–Kier alpha value is -3.67. The topological polar surface area (TPSA) is 101 Å². The van der Waals surface area contributed by atoms with E-state index in [0.717, 1.165) is 36.0 Å². The molecule has 1 unspecified atom stereocenters. The predicted molar refractivity (Wildman–Crippen MR) is 168 cm³/mol. The molecule has 2 heterocycles. The number of ether oxygens (including phenoxy) is 1. The molecular weight excluding hydrogens is 617 g/mol. The van der Waals surface area contributed by atoms with Crippen molar-refractivity contribution >= 4 is 21.9 Å². The van der Waals surface area contributed by atoms with Gasteiger partial charge in [-0.15, -0.1) is 0 Å². The van der Waals surface area contributed by atoms with E-state index in [4.69, 9.17) is 4.74 Å². The fourth-order valence-electron chi connectivity index (χ4n) is 7.16. The van der Waals surface area contributed by atoms with Crippen molar-refractivity contribution in [2.24, 2.45) is 10.8 Å². The van der Waals surface area contributed by atoms with Gasteiger partial charge in [0.2, 0.25) is 11.8 Å². The number of nitrogens with one attached hydrogen (secondary N) is 1. The van der Waals surface area contributed by atoms with Crippen molar-refractivity contribution in [1.82, 2.24) is 14.9 Å². The Morgan fingerprint density at radius 2 is 1.72 bits per heavy atom. The summed E-state index contributed by atoms with van der Waals surface area (Å²) in [5.74, 6) is -0.795. The van der Waals surface area contributed by atoms with Gasteiger partial charge in [0.15, 0.2) is 0 Å². The van der Waals surface area contributed by atoms with Gasteiger partial charge in [0.25, 0.3) is 15.9 Å². The number of hydrogen-bond acceptors (Lipinski definition) is 6. The number of anilines is 1. The fourth-order valence-corrected chi connectivity index (χ4v) is 8.15. The standard InChI is InChI=1S/C34H39F3N4O4S/c1-21-8-5-9-22(2)29(21)27-17-28-39-31(38-27)40-46(43,44)26-11-6-10-24(16-26)30(42)41(23(3)18-32(4)12-7-13-32)25(20-45-28)19-33(14-15-33)34(35,36)37/h5-6,8-11,16-17,23,25H,7,12-15,18-20H2,1-4H3,(H,38,39,40)/t23?,25-/m1/s1. The molecule has 1 aromatic heterocycles. The summed E-state index contributed by atoms with van der Waals surface area (Å²) < 4.78 is 79.1. The van der Waals surface area contributed by atoms with E-state index in [0.29, 0.717) is 12.1 Å². The number of alkyl halides is 3. The van der Waals surface area contributed by atoms with Crippen LogP contribution in [-0.2, 0) is 10.0 Å². The Morgan fingerprint density at radius 1 is 1.04 bits per heavy atom. The zero-order valence-electron chi connectivity index (χ0n) is 26.4. The maximum Gasteiger partial charge on any atom is 0.394 e. The molecule has 0 spiro atoms. The highest BCUT2D eigenvalue weighted by atomic mass is 32.2. The number of halogens is 3. The number of fused-ring (bicyclic) bond motifs is 4. The normalized spacial score (nSPS) is 22.2. The predicted octanol–water partition coefficient (Wildman–Crippen LogP) is 7.47. The molecule has 3 aromatic rings. The average Bonchev–Trinajstić information content (AvgIpc) is 3.75. The molecule has 4 bridgehead atoms. The Balaban J connectivity index is 1.50. The lowest BCUT2D eigenvalue weighted by Crippen LogP contribution is -2.52. The number of nitrogens with zero attached hydrogens (tertiary/aromatic N) is 3. The average molecular weight is 657 g/mol. The van der Waals surface area contributed by atoms with Gasteiger partial charge >= 0.3 is 6.18 Å². The monoisotopic (exact) mass is 656 g/mol. The van der Waals surface area contributed by atoms with Gasteiger partial charge in [0.1, 0.15) is 6.61 Å². The van der Waals surface area contributed by atoms with Crippen molar-refractivity contribution in [3.63, 3.8) is 0 Å². The van der Waals surface area contributed by atoms with Crippen LogP contribution in [0.15, 0.2) is 53.4 Å². The molecule has 12 heteroatoms. The third-order valence-corrected chi connectivity index (χ3v) is 11.3. The van der Waals surface area contributed by atoms with Crippen LogP contribution in [0, 0.1) is 24.7 Å². The smallest absolute Gasteiger partial charge is 0.394 e. The second kappa shape index (κ2) is 11.5. The van der Waals surface area contributed by atoms with Crippen LogP contribution in [0.5, 0.6) is 5.88 Å². The molecule has 2 saturated carbocycles. The molecule has 1 aliphatic heterocycles. The third-order valence-electron chi connectivity index (χ3n) is 10.0. The van der Waals surface area contributed by atoms with Gasteiger partial charge in [-0.05, 0) is 94.0 Å². The largest absolute Gasteiger partial charge is 0.475 e. The van der Waals surface area contributed by atoms with Crippen molar-refractivity contribution in [2.45, 2.75) is 95.8 Å². The number of sulfonamides is 1. The number of hydrogen-bond donors (Lipinski definition) is 1. The summed E-state index contributed by atoms with van der Waals surface area (Å²) in [5.41, 5.74) is 1.04. The highest BCUT2D eigenvalue weighted by Crippen LogP contribution is 2.61. The molecule has 2 fully saturated rings. The Labute approximate surface area is 267 Å². The minimum atomic E-state index is -4.44. The number of aryl methyl sites for hydroxylation is 2. The summed E-state index contributed by atoms with van der Waals surface area (Å²) in [4.78, 5) is 24.5. The molecule has 2 atom stereocenters. The molecular formula is C34H39F3N4O4S. The first-order valence-electron chi connectivity index (χ1n) is 15.7. The molecule has 3 aliphatic rings. The van der Waals surface area contributed by atoms with E-state index in [1.54, 1.807) is 6.07 Å². The Morgan fingerprint density at radius 3 is 2.33 bits per heavy atom. The van der Waals surface area contributed by atoms with E-state index in [1.807, 2.05) is 39.0 Å². The molecule has 2 aromatic carbocycles.